The van der Waals surface area contributed by atoms with Gasteiger partial charge < -0.3 is 5.73 Å². The highest BCUT2D eigenvalue weighted by Crippen LogP contribution is 2.39. The molecule has 1 aromatic heterocycles. The fourth-order valence-corrected chi connectivity index (χ4v) is 3.62. The van der Waals surface area contributed by atoms with Gasteiger partial charge in [-0.1, -0.05) is 43.5 Å². The summed E-state index contributed by atoms with van der Waals surface area (Å²) in [5.74, 6) is 2.93. The Labute approximate surface area is 124 Å². The number of nitrogens with zero attached hydrogens (tertiary/aromatic N) is 3. The molecule has 1 heterocycles. The van der Waals surface area contributed by atoms with Crippen LogP contribution in [0, 0.1) is 0 Å². The Balaban J connectivity index is 1.66. The molecule has 1 saturated carbocycles. The third-order valence-corrected chi connectivity index (χ3v) is 4.82. The van der Waals surface area contributed by atoms with Gasteiger partial charge in [0.1, 0.15) is 11.6 Å². The number of hydrogen-bond donors (Lipinski definition) is 1. The van der Waals surface area contributed by atoms with Gasteiger partial charge in [-0.3, -0.25) is 0 Å². The SMILES string of the molecule is Nc1nc(C2CCCCC2)nc(C2Cc3ccccc32)n1. The third-order valence-electron chi connectivity index (χ3n) is 4.82. The first-order valence-corrected chi connectivity index (χ1v) is 7.90. The van der Waals surface area contributed by atoms with Crippen molar-refractivity contribution in [2.75, 3.05) is 5.73 Å². The van der Waals surface area contributed by atoms with Crippen LogP contribution in [-0.4, -0.2) is 15.0 Å². The normalized spacial score (nSPS) is 21.6. The lowest BCUT2D eigenvalue weighted by molar-refractivity contribution is 0.425. The number of aromatic nitrogens is 3. The molecular formula is C17H20N4. The Hall–Kier alpha value is -1.97. The summed E-state index contributed by atoms with van der Waals surface area (Å²) in [4.78, 5) is 13.6. The average molecular weight is 280 g/mol. The molecule has 0 saturated heterocycles. The molecule has 21 heavy (non-hydrogen) atoms. The average Bonchev–Trinajstić information content (AvgIpc) is 2.49. The van der Waals surface area contributed by atoms with Crippen molar-refractivity contribution in [2.45, 2.75) is 50.4 Å². The number of rotatable bonds is 2. The maximum atomic E-state index is 5.94. The quantitative estimate of drug-likeness (QED) is 0.917. The van der Waals surface area contributed by atoms with Crippen LogP contribution in [0.3, 0.4) is 0 Å². The van der Waals surface area contributed by atoms with E-state index in [1.165, 1.54) is 43.2 Å². The van der Waals surface area contributed by atoms with Gasteiger partial charge in [0.05, 0.1) is 0 Å². The van der Waals surface area contributed by atoms with Gasteiger partial charge in [-0.15, -0.1) is 0 Å². The summed E-state index contributed by atoms with van der Waals surface area (Å²) in [7, 11) is 0. The number of hydrogen-bond acceptors (Lipinski definition) is 4. The van der Waals surface area contributed by atoms with Crippen LogP contribution in [0.15, 0.2) is 24.3 Å². The van der Waals surface area contributed by atoms with Crippen LogP contribution >= 0.6 is 0 Å². The zero-order valence-corrected chi connectivity index (χ0v) is 12.1. The fraction of sp³-hybridized carbons (Fsp3) is 0.471. The summed E-state index contributed by atoms with van der Waals surface area (Å²) in [6.07, 6.45) is 7.27. The number of benzene rings is 1. The molecule has 0 aliphatic heterocycles. The maximum absolute atomic E-state index is 5.94. The molecular weight excluding hydrogens is 260 g/mol. The maximum Gasteiger partial charge on any atom is 0.223 e. The molecule has 2 aliphatic rings. The molecule has 4 heteroatoms. The molecule has 0 radical (unpaired) electrons. The first-order chi connectivity index (χ1) is 10.3. The summed E-state index contributed by atoms with van der Waals surface area (Å²) >= 11 is 0. The molecule has 1 fully saturated rings. The van der Waals surface area contributed by atoms with Crippen molar-refractivity contribution in [1.29, 1.82) is 0 Å². The molecule has 0 spiro atoms. The lowest BCUT2D eigenvalue weighted by atomic mass is 9.77. The van der Waals surface area contributed by atoms with Crippen LogP contribution < -0.4 is 5.73 Å². The van der Waals surface area contributed by atoms with Crippen LogP contribution in [0.5, 0.6) is 0 Å². The van der Waals surface area contributed by atoms with Gasteiger partial charge in [-0.25, -0.2) is 4.98 Å². The van der Waals surface area contributed by atoms with E-state index in [9.17, 15) is 0 Å². The largest absolute Gasteiger partial charge is 0.368 e. The molecule has 4 nitrogen and oxygen atoms in total. The van der Waals surface area contributed by atoms with E-state index >= 15 is 0 Å². The van der Waals surface area contributed by atoms with Crippen molar-refractivity contribution in [3.63, 3.8) is 0 Å². The Kier molecular flexibility index (Phi) is 3.09. The van der Waals surface area contributed by atoms with Crippen molar-refractivity contribution < 1.29 is 0 Å². The number of fused-ring (bicyclic) bond motifs is 1. The number of anilines is 1. The molecule has 0 bridgehead atoms. The smallest absolute Gasteiger partial charge is 0.223 e. The first-order valence-electron chi connectivity index (χ1n) is 7.90. The predicted octanol–water partition coefficient (Wildman–Crippen LogP) is 3.19. The standard InChI is InChI=1S/C17H20N4/c18-17-20-15(11-6-2-1-3-7-11)19-16(21-17)14-10-12-8-4-5-9-13(12)14/h4-5,8-9,11,14H,1-3,6-7,10H2,(H2,18,19,20,21). The lowest BCUT2D eigenvalue weighted by Crippen LogP contribution is -2.23. The van der Waals surface area contributed by atoms with Crippen LogP contribution in [0.25, 0.3) is 0 Å². The van der Waals surface area contributed by atoms with Gasteiger partial charge in [0.2, 0.25) is 5.95 Å². The highest BCUT2D eigenvalue weighted by Gasteiger charge is 2.30. The molecule has 1 atom stereocenters. The summed E-state index contributed by atoms with van der Waals surface area (Å²) in [5, 5.41) is 0. The Morgan fingerprint density at radius 3 is 2.48 bits per heavy atom. The topological polar surface area (TPSA) is 64.7 Å². The fourth-order valence-electron chi connectivity index (χ4n) is 3.62. The van der Waals surface area contributed by atoms with Crippen LogP contribution in [0.1, 0.15) is 66.7 Å². The zero-order chi connectivity index (χ0) is 14.2. The van der Waals surface area contributed by atoms with E-state index in [-0.39, 0.29) is 0 Å². The van der Waals surface area contributed by atoms with E-state index in [1.54, 1.807) is 0 Å². The number of nitrogens with two attached hydrogens (primary N) is 1. The Morgan fingerprint density at radius 1 is 0.905 bits per heavy atom. The van der Waals surface area contributed by atoms with Crippen molar-refractivity contribution in [2.24, 2.45) is 0 Å². The van der Waals surface area contributed by atoms with Crippen LogP contribution in [-0.2, 0) is 6.42 Å². The number of nitrogen functional groups attached to an aromatic ring is 1. The molecule has 1 aromatic carbocycles. The molecule has 2 aromatic rings. The summed E-state index contributed by atoms with van der Waals surface area (Å²) < 4.78 is 0. The second-order valence-electron chi connectivity index (χ2n) is 6.20. The second-order valence-corrected chi connectivity index (χ2v) is 6.20. The molecule has 2 N–H and O–H groups in total. The molecule has 0 amide bonds. The van der Waals surface area contributed by atoms with E-state index in [0.717, 1.165) is 18.1 Å². The molecule has 4 rings (SSSR count). The van der Waals surface area contributed by atoms with Crippen molar-refractivity contribution in [1.82, 2.24) is 15.0 Å². The van der Waals surface area contributed by atoms with Gasteiger partial charge in [-0.05, 0) is 30.4 Å². The third kappa shape index (κ3) is 2.28. The minimum absolute atomic E-state index is 0.300. The molecule has 1 unspecified atom stereocenters. The minimum atomic E-state index is 0.300. The Morgan fingerprint density at radius 2 is 1.67 bits per heavy atom. The van der Waals surface area contributed by atoms with E-state index in [1.807, 2.05) is 0 Å². The monoisotopic (exact) mass is 280 g/mol. The second kappa shape index (κ2) is 5.10. The predicted molar refractivity (Wildman–Crippen MR) is 82.1 cm³/mol. The zero-order valence-electron chi connectivity index (χ0n) is 12.1. The van der Waals surface area contributed by atoms with Gasteiger partial charge in [0, 0.05) is 11.8 Å². The van der Waals surface area contributed by atoms with Crippen molar-refractivity contribution in [3.8, 4) is 0 Å². The highest BCUT2D eigenvalue weighted by atomic mass is 15.1. The van der Waals surface area contributed by atoms with Crippen LogP contribution in [0.4, 0.5) is 5.95 Å². The minimum Gasteiger partial charge on any atom is -0.368 e. The van der Waals surface area contributed by atoms with Gasteiger partial charge in [-0.2, -0.15) is 9.97 Å². The van der Waals surface area contributed by atoms with E-state index in [4.69, 9.17) is 10.7 Å². The first kappa shape index (κ1) is 12.7. The van der Waals surface area contributed by atoms with Crippen molar-refractivity contribution >= 4 is 5.95 Å². The highest BCUT2D eigenvalue weighted by molar-refractivity contribution is 5.44. The van der Waals surface area contributed by atoms with E-state index < -0.39 is 0 Å². The Bertz CT molecular complexity index is 662. The van der Waals surface area contributed by atoms with Gasteiger partial charge in [0.25, 0.3) is 0 Å². The van der Waals surface area contributed by atoms with Gasteiger partial charge >= 0.3 is 0 Å². The van der Waals surface area contributed by atoms with E-state index in [2.05, 4.69) is 34.2 Å². The molecule has 2 aliphatic carbocycles. The summed E-state index contributed by atoms with van der Waals surface area (Å²) in [6.45, 7) is 0. The summed E-state index contributed by atoms with van der Waals surface area (Å²) in [6, 6.07) is 8.52. The van der Waals surface area contributed by atoms with Crippen LogP contribution in [0.2, 0.25) is 0 Å². The lowest BCUT2D eigenvalue weighted by Gasteiger charge is -2.29. The molecule has 108 valence electrons. The van der Waals surface area contributed by atoms with Gasteiger partial charge in [0.15, 0.2) is 0 Å². The summed E-state index contributed by atoms with van der Waals surface area (Å²) in [5.41, 5.74) is 8.69. The van der Waals surface area contributed by atoms with E-state index in [0.29, 0.717) is 17.8 Å². The van der Waals surface area contributed by atoms with Crippen molar-refractivity contribution in [3.05, 3.63) is 47.0 Å².